The van der Waals surface area contributed by atoms with Crippen LogP contribution in [0.3, 0.4) is 0 Å². The minimum atomic E-state index is -0.964. The number of aliphatic hydroxyl groups excluding tert-OH is 1. The van der Waals surface area contributed by atoms with Gasteiger partial charge in [-0.25, -0.2) is 9.59 Å². The van der Waals surface area contributed by atoms with Gasteiger partial charge in [0, 0.05) is 49.0 Å². The first kappa shape index (κ1) is 21.8. The van der Waals surface area contributed by atoms with E-state index in [4.69, 9.17) is 13.9 Å². The van der Waals surface area contributed by atoms with Crippen LogP contribution in [0, 0.1) is 0 Å². The Bertz CT molecular complexity index is 1210. The van der Waals surface area contributed by atoms with Crippen LogP contribution in [0.5, 0.6) is 5.75 Å². The van der Waals surface area contributed by atoms with E-state index in [0.717, 1.165) is 16.5 Å². The molecule has 32 heavy (non-hydrogen) atoms. The van der Waals surface area contributed by atoms with Gasteiger partial charge in [0.1, 0.15) is 17.4 Å². The van der Waals surface area contributed by atoms with Gasteiger partial charge in [-0.2, -0.15) is 0 Å². The second-order valence-corrected chi connectivity index (χ2v) is 8.21. The van der Waals surface area contributed by atoms with Crippen LogP contribution >= 0.6 is 0 Å². The molecule has 0 spiro atoms. The average Bonchev–Trinajstić information content (AvgIpc) is 3.20. The predicted molar refractivity (Wildman–Crippen MR) is 121 cm³/mol. The van der Waals surface area contributed by atoms with Gasteiger partial charge in [-0.05, 0) is 37.1 Å². The fourth-order valence-electron chi connectivity index (χ4n) is 4.13. The van der Waals surface area contributed by atoms with Crippen molar-refractivity contribution in [2.24, 2.45) is 0 Å². The first-order chi connectivity index (χ1) is 15.4. The summed E-state index contributed by atoms with van der Waals surface area (Å²) in [6, 6.07) is 16.6. The van der Waals surface area contributed by atoms with Crippen LogP contribution in [0.4, 0.5) is 0 Å². The number of esters is 1. The molecular weight excluding hydrogens is 408 g/mol. The molecule has 0 fully saturated rings. The molecule has 0 saturated carbocycles. The van der Waals surface area contributed by atoms with Crippen molar-refractivity contribution in [1.29, 1.82) is 0 Å². The maximum absolute atomic E-state index is 12.9. The molecule has 4 rings (SSSR count). The molecule has 0 radical (unpaired) electrons. The van der Waals surface area contributed by atoms with E-state index in [1.807, 2.05) is 43.3 Å². The molecule has 0 bridgehead atoms. The minimum absolute atomic E-state index is 0.132. The lowest BCUT2D eigenvalue weighted by atomic mass is 9.88. The molecule has 2 atom stereocenters. The highest BCUT2D eigenvalue weighted by Crippen LogP contribution is 2.39. The van der Waals surface area contributed by atoms with Crippen molar-refractivity contribution in [3.8, 4) is 5.75 Å². The van der Waals surface area contributed by atoms with Crippen LogP contribution in [-0.4, -0.2) is 29.4 Å². The molecule has 166 valence electrons. The van der Waals surface area contributed by atoms with Crippen molar-refractivity contribution >= 4 is 16.9 Å². The second-order valence-electron chi connectivity index (χ2n) is 8.21. The largest absolute Gasteiger partial charge is 0.485 e. The molecule has 1 aliphatic rings. The monoisotopic (exact) mass is 434 g/mol. The first-order valence-electron chi connectivity index (χ1n) is 10.7. The number of fused-ring (bicyclic) bond motifs is 2. The smallest absolute Gasteiger partial charge is 0.336 e. The number of benzene rings is 2. The number of carbonyl (C=O) groups is 1. The van der Waals surface area contributed by atoms with Crippen molar-refractivity contribution < 1.29 is 23.8 Å². The van der Waals surface area contributed by atoms with Crippen LogP contribution in [-0.2, 0) is 22.4 Å². The molecule has 1 aliphatic heterocycles. The van der Waals surface area contributed by atoms with E-state index < -0.39 is 23.3 Å². The number of hydrogen-bond acceptors (Lipinski definition) is 6. The molecule has 6 nitrogen and oxygen atoms in total. The summed E-state index contributed by atoms with van der Waals surface area (Å²) in [6.45, 7) is 3.50. The highest BCUT2D eigenvalue weighted by molar-refractivity contribution is 5.88. The van der Waals surface area contributed by atoms with Crippen LogP contribution in [0.25, 0.3) is 11.0 Å². The Morgan fingerprint density at radius 3 is 2.72 bits per heavy atom. The molecule has 3 aromatic rings. The van der Waals surface area contributed by atoms with Crippen LogP contribution in [0.2, 0.25) is 0 Å². The van der Waals surface area contributed by atoms with Gasteiger partial charge in [-0.3, -0.25) is 0 Å². The minimum Gasteiger partial charge on any atom is -0.485 e. The van der Waals surface area contributed by atoms with Gasteiger partial charge >= 0.3 is 11.6 Å². The molecule has 2 heterocycles. The first-order valence-corrected chi connectivity index (χ1v) is 10.7. The third-order valence-electron chi connectivity index (χ3n) is 5.87. The van der Waals surface area contributed by atoms with Crippen LogP contribution in [0.1, 0.15) is 31.4 Å². The topological polar surface area (TPSA) is 86.0 Å². The summed E-state index contributed by atoms with van der Waals surface area (Å²) in [5.41, 5.74) is 1.48. The standard InChI is InChI=1S/C26H26O6/c1-3-18(11-12-27)25(29)32-26(2,16-17-7-5-4-6-8-17)23-14-20-13-19-9-10-24(28)31-21(19)15-22(20)30-23/h3-10,13,15,23,27H,11-12,14,16H2,1-2H3/t23-,26+/m1/s1. The van der Waals surface area contributed by atoms with Gasteiger partial charge in [0.25, 0.3) is 0 Å². The van der Waals surface area contributed by atoms with Gasteiger partial charge in [0.2, 0.25) is 0 Å². The van der Waals surface area contributed by atoms with Crippen LogP contribution < -0.4 is 10.4 Å². The number of ether oxygens (including phenoxy) is 2. The quantitative estimate of drug-likeness (QED) is 0.344. The van der Waals surface area contributed by atoms with E-state index in [1.165, 1.54) is 6.07 Å². The van der Waals surface area contributed by atoms with Gasteiger partial charge in [-0.15, -0.1) is 0 Å². The van der Waals surface area contributed by atoms with Crippen molar-refractivity contribution in [2.45, 2.75) is 44.8 Å². The maximum Gasteiger partial charge on any atom is 0.336 e. The number of hydrogen-bond donors (Lipinski definition) is 1. The maximum atomic E-state index is 12.9. The number of aliphatic hydroxyl groups is 1. The molecule has 1 aromatic heterocycles. The zero-order valence-corrected chi connectivity index (χ0v) is 18.2. The van der Waals surface area contributed by atoms with E-state index in [9.17, 15) is 14.7 Å². The van der Waals surface area contributed by atoms with Crippen LogP contribution in [0.15, 0.2) is 75.5 Å². The van der Waals surface area contributed by atoms with E-state index >= 15 is 0 Å². The molecule has 1 N–H and O–H groups in total. The Morgan fingerprint density at radius 2 is 2.00 bits per heavy atom. The molecule has 0 saturated heterocycles. The van der Waals surface area contributed by atoms with Gasteiger partial charge in [0.05, 0.1) is 0 Å². The van der Waals surface area contributed by atoms with Crippen molar-refractivity contribution in [3.05, 3.63) is 87.8 Å². The summed E-state index contributed by atoms with van der Waals surface area (Å²) in [4.78, 5) is 24.5. The Kier molecular flexibility index (Phi) is 6.15. The lowest BCUT2D eigenvalue weighted by Crippen LogP contribution is -2.48. The number of rotatable bonds is 7. The van der Waals surface area contributed by atoms with Crippen molar-refractivity contribution in [2.75, 3.05) is 6.61 Å². The summed E-state index contributed by atoms with van der Waals surface area (Å²) in [7, 11) is 0. The number of allylic oxidation sites excluding steroid dienone is 1. The third kappa shape index (κ3) is 4.46. The fraction of sp³-hybridized carbons (Fsp3) is 0.308. The van der Waals surface area contributed by atoms with Gasteiger partial charge in [-0.1, -0.05) is 36.4 Å². The molecule has 0 amide bonds. The normalized spacial score (nSPS) is 17.5. The van der Waals surface area contributed by atoms with E-state index in [0.29, 0.717) is 29.7 Å². The molecule has 2 aromatic carbocycles. The van der Waals surface area contributed by atoms with Crippen molar-refractivity contribution in [3.63, 3.8) is 0 Å². The Morgan fingerprint density at radius 1 is 1.22 bits per heavy atom. The van der Waals surface area contributed by atoms with Gasteiger partial charge in [0.15, 0.2) is 5.60 Å². The lowest BCUT2D eigenvalue weighted by molar-refractivity contribution is -0.162. The van der Waals surface area contributed by atoms with Gasteiger partial charge < -0.3 is 19.0 Å². The summed E-state index contributed by atoms with van der Waals surface area (Å²) in [5.74, 6) is 0.157. The highest BCUT2D eigenvalue weighted by Gasteiger charge is 2.44. The van der Waals surface area contributed by atoms with E-state index in [-0.39, 0.29) is 13.0 Å². The summed E-state index contributed by atoms with van der Waals surface area (Å²) in [5, 5.41) is 10.1. The predicted octanol–water partition coefficient (Wildman–Crippen LogP) is 3.97. The molecular formula is C26H26O6. The van der Waals surface area contributed by atoms with E-state index in [2.05, 4.69) is 0 Å². The van der Waals surface area contributed by atoms with E-state index in [1.54, 1.807) is 25.1 Å². The number of carbonyl (C=O) groups excluding carboxylic acids is 1. The lowest BCUT2D eigenvalue weighted by Gasteiger charge is -2.35. The van der Waals surface area contributed by atoms with Crippen molar-refractivity contribution in [1.82, 2.24) is 0 Å². The molecule has 6 heteroatoms. The zero-order chi connectivity index (χ0) is 22.7. The summed E-state index contributed by atoms with van der Waals surface area (Å²) in [6.07, 6.45) is 2.47. The SMILES string of the molecule is CC=C(CCO)C(=O)O[C@@](C)(Cc1ccccc1)[C@H]1Cc2cc3ccc(=O)oc3cc2O1. The Balaban J connectivity index is 1.66. The third-order valence-corrected chi connectivity index (χ3v) is 5.87. The Hall–Kier alpha value is -3.38. The fourth-order valence-corrected chi connectivity index (χ4v) is 4.13. The Labute approximate surface area is 186 Å². The molecule has 0 unspecified atom stereocenters. The zero-order valence-electron chi connectivity index (χ0n) is 18.2. The molecule has 0 aliphatic carbocycles. The summed E-state index contributed by atoms with van der Waals surface area (Å²) < 4.78 is 17.6. The average molecular weight is 434 g/mol. The second kappa shape index (κ2) is 9.01. The highest BCUT2D eigenvalue weighted by atomic mass is 16.6. The summed E-state index contributed by atoms with van der Waals surface area (Å²) >= 11 is 0.